The number of aliphatic carboxylic acids is 1. The lowest BCUT2D eigenvalue weighted by atomic mass is 9.96. The molecule has 0 radical (unpaired) electrons. The van der Waals surface area contributed by atoms with E-state index in [-0.39, 0.29) is 5.92 Å². The number of carbonyl (C=O) groups is 4. The van der Waals surface area contributed by atoms with Gasteiger partial charge in [-0.15, -0.1) is 0 Å². The SMILES string of the molecule is C[C@]1(C2CC2)NC(=O)N(CC(=O)N[C@H](C(=O)O)c2ccccc2)C1=O. The molecule has 8 nitrogen and oxygen atoms in total. The second kappa shape index (κ2) is 6.19. The Bertz CT molecular complexity index is 731. The van der Waals surface area contributed by atoms with Gasteiger partial charge in [0.15, 0.2) is 6.04 Å². The molecule has 0 unspecified atom stereocenters. The Balaban J connectivity index is 1.68. The average molecular weight is 345 g/mol. The molecule has 2 atom stereocenters. The summed E-state index contributed by atoms with van der Waals surface area (Å²) in [6, 6.07) is 6.35. The summed E-state index contributed by atoms with van der Waals surface area (Å²) in [5.41, 5.74) is -0.563. The van der Waals surface area contributed by atoms with Crippen molar-refractivity contribution in [3.05, 3.63) is 35.9 Å². The molecule has 0 spiro atoms. The first-order valence-corrected chi connectivity index (χ1v) is 8.04. The summed E-state index contributed by atoms with van der Waals surface area (Å²) in [4.78, 5) is 49.0. The molecule has 132 valence electrons. The van der Waals surface area contributed by atoms with Crippen molar-refractivity contribution in [2.24, 2.45) is 5.92 Å². The summed E-state index contributed by atoms with van der Waals surface area (Å²) in [6.07, 6.45) is 1.72. The van der Waals surface area contributed by atoms with Gasteiger partial charge in [0.05, 0.1) is 0 Å². The molecule has 1 aliphatic heterocycles. The summed E-state index contributed by atoms with van der Waals surface area (Å²) in [6.45, 7) is 1.15. The molecule has 1 heterocycles. The number of hydrogen-bond donors (Lipinski definition) is 3. The number of carbonyl (C=O) groups excluding carboxylic acids is 3. The maximum Gasteiger partial charge on any atom is 0.330 e. The molecule has 1 aliphatic carbocycles. The second-order valence-corrected chi connectivity index (χ2v) is 6.55. The van der Waals surface area contributed by atoms with E-state index in [0.29, 0.717) is 5.56 Å². The van der Waals surface area contributed by atoms with E-state index in [9.17, 15) is 24.3 Å². The zero-order valence-electron chi connectivity index (χ0n) is 13.7. The first-order chi connectivity index (χ1) is 11.8. The summed E-state index contributed by atoms with van der Waals surface area (Å²) in [5.74, 6) is -2.28. The van der Waals surface area contributed by atoms with Crippen LogP contribution in [0.2, 0.25) is 0 Å². The van der Waals surface area contributed by atoms with E-state index in [1.165, 1.54) is 0 Å². The monoisotopic (exact) mass is 345 g/mol. The van der Waals surface area contributed by atoms with Gasteiger partial charge in [-0.05, 0) is 31.2 Å². The van der Waals surface area contributed by atoms with Gasteiger partial charge in [0.2, 0.25) is 5.91 Å². The maximum absolute atomic E-state index is 12.5. The molecule has 2 fully saturated rings. The fourth-order valence-electron chi connectivity index (χ4n) is 3.08. The minimum atomic E-state index is -1.25. The first kappa shape index (κ1) is 16.9. The number of nitrogens with zero attached hydrogens (tertiary/aromatic N) is 1. The molecule has 0 aromatic heterocycles. The molecule has 8 heteroatoms. The number of benzene rings is 1. The van der Waals surface area contributed by atoms with Gasteiger partial charge in [-0.1, -0.05) is 30.3 Å². The second-order valence-electron chi connectivity index (χ2n) is 6.55. The van der Waals surface area contributed by atoms with Crippen LogP contribution >= 0.6 is 0 Å². The van der Waals surface area contributed by atoms with Crippen LogP contribution in [0.15, 0.2) is 30.3 Å². The Labute approximate surface area is 144 Å². The molecule has 2 aliphatic rings. The van der Waals surface area contributed by atoms with E-state index >= 15 is 0 Å². The minimum absolute atomic E-state index is 0.0908. The molecule has 4 amide bonds. The smallest absolute Gasteiger partial charge is 0.330 e. The van der Waals surface area contributed by atoms with Gasteiger partial charge in [-0.2, -0.15) is 0 Å². The highest BCUT2D eigenvalue weighted by molar-refractivity contribution is 6.09. The number of carboxylic acids is 1. The van der Waals surface area contributed by atoms with Crippen molar-refractivity contribution in [3.8, 4) is 0 Å². The van der Waals surface area contributed by atoms with Gasteiger partial charge < -0.3 is 15.7 Å². The van der Waals surface area contributed by atoms with Crippen LogP contribution in [0.4, 0.5) is 4.79 Å². The van der Waals surface area contributed by atoms with E-state index < -0.39 is 41.9 Å². The van der Waals surface area contributed by atoms with Crippen molar-refractivity contribution in [2.45, 2.75) is 31.3 Å². The van der Waals surface area contributed by atoms with E-state index in [2.05, 4.69) is 10.6 Å². The third-order valence-corrected chi connectivity index (χ3v) is 4.68. The summed E-state index contributed by atoms with van der Waals surface area (Å²) >= 11 is 0. The molecule has 25 heavy (non-hydrogen) atoms. The molecule has 3 N–H and O–H groups in total. The Kier molecular flexibility index (Phi) is 4.20. The zero-order valence-corrected chi connectivity index (χ0v) is 13.7. The summed E-state index contributed by atoms with van der Waals surface area (Å²) < 4.78 is 0. The normalized spacial score (nSPS) is 24.0. The molecule has 1 aromatic rings. The van der Waals surface area contributed by atoms with Crippen LogP contribution in [0, 0.1) is 5.92 Å². The zero-order chi connectivity index (χ0) is 18.2. The third-order valence-electron chi connectivity index (χ3n) is 4.68. The minimum Gasteiger partial charge on any atom is -0.479 e. The van der Waals surface area contributed by atoms with Crippen molar-refractivity contribution >= 4 is 23.8 Å². The van der Waals surface area contributed by atoms with Gasteiger partial charge in [0, 0.05) is 0 Å². The van der Waals surface area contributed by atoms with Crippen LogP contribution in [-0.4, -0.2) is 45.9 Å². The summed E-state index contributed by atoms with van der Waals surface area (Å²) in [5, 5.41) is 14.3. The van der Waals surface area contributed by atoms with Crippen LogP contribution in [0.5, 0.6) is 0 Å². The predicted molar refractivity (Wildman–Crippen MR) is 86.3 cm³/mol. The lowest BCUT2D eigenvalue weighted by Crippen LogP contribution is -2.47. The maximum atomic E-state index is 12.5. The van der Waals surface area contributed by atoms with Crippen LogP contribution in [0.25, 0.3) is 0 Å². The number of nitrogens with one attached hydrogen (secondary N) is 2. The fraction of sp³-hybridized carbons (Fsp3) is 0.412. The molecular formula is C17H19N3O5. The molecule has 3 rings (SSSR count). The fourth-order valence-corrected chi connectivity index (χ4v) is 3.08. The highest BCUT2D eigenvalue weighted by Gasteiger charge is 2.56. The quantitative estimate of drug-likeness (QED) is 0.655. The van der Waals surface area contributed by atoms with Crippen molar-refractivity contribution in [2.75, 3.05) is 6.54 Å². The Hall–Kier alpha value is -2.90. The Morgan fingerprint density at radius 1 is 1.32 bits per heavy atom. The van der Waals surface area contributed by atoms with Crippen molar-refractivity contribution in [1.29, 1.82) is 0 Å². The van der Waals surface area contributed by atoms with E-state index in [1.54, 1.807) is 37.3 Å². The average Bonchev–Trinajstić information content (AvgIpc) is 3.39. The van der Waals surface area contributed by atoms with Crippen molar-refractivity contribution in [3.63, 3.8) is 0 Å². The Morgan fingerprint density at radius 2 is 1.96 bits per heavy atom. The number of hydrogen-bond acceptors (Lipinski definition) is 4. The number of rotatable bonds is 6. The van der Waals surface area contributed by atoms with Gasteiger partial charge in [0.1, 0.15) is 12.1 Å². The van der Waals surface area contributed by atoms with Crippen LogP contribution < -0.4 is 10.6 Å². The largest absolute Gasteiger partial charge is 0.479 e. The van der Waals surface area contributed by atoms with E-state index in [0.717, 1.165) is 17.7 Å². The number of imide groups is 1. The van der Waals surface area contributed by atoms with Gasteiger partial charge in [-0.25, -0.2) is 9.59 Å². The van der Waals surface area contributed by atoms with Crippen LogP contribution in [0.3, 0.4) is 0 Å². The highest BCUT2D eigenvalue weighted by atomic mass is 16.4. The number of amides is 4. The van der Waals surface area contributed by atoms with Gasteiger partial charge in [-0.3, -0.25) is 14.5 Å². The van der Waals surface area contributed by atoms with Gasteiger partial charge in [0.25, 0.3) is 5.91 Å². The number of carboxylic acid groups (broad SMARTS) is 1. The first-order valence-electron chi connectivity index (χ1n) is 8.04. The van der Waals surface area contributed by atoms with Gasteiger partial charge >= 0.3 is 12.0 Å². The molecule has 1 aromatic carbocycles. The number of urea groups is 1. The lowest BCUT2D eigenvalue weighted by Gasteiger charge is -2.21. The third kappa shape index (κ3) is 3.19. The van der Waals surface area contributed by atoms with E-state index in [4.69, 9.17) is 0 Å². The molecule has 1 saturated carbocycles. The molecule has 1 saturated heterocycles. The summed E-state index contributed by atoms with van der Waals surface area (Å²) in [7, 11) is 0. The highest BCUT2D eigenvalue weighted by Crippen LogP contribution is 2.42. The van der Waals surface area contributed by atoms with Crippen molar-refractivity contribution < 1.29 is 24.3 Å². The standard InChI is InChI=1S/C17H19N3O5/c1-17(11-7-8-11)15(24)20(16(25)19-17)9-12(21)18-13(14(22)23)10-5-3-2-4-6-10/h2-6,11,13H,7-9H2,1H3,(H,18,21)(H,19,25)(H,22,23)/t13-,17+/m0/s1. The molecular weight excluding hydrogens is 326 g/mol. The Morgan fingerprint density at radius 3 is 2.52 bits per heavy atom. The topological polar surface area (TPSA) is 116 Å². The van der Waals surface area contributed by atoms with Crippen LogP contribution in [0.1, 0.15) is 31.4 Å². The molecule has 0 bridgehead atoms. The van der Waals surface area contributed by atoms with Crippen molar-refractivity contribution in [1.82, 2.24) is 15.5 Å². The lowest BCUT2D eigenvalue weighted by molar-refractivity contribution is -0.142. The van der Waals surface area contributed by atoms with E-state index in [1.807, 2.05) is 0 Å². The predicted octanol–water partition coefficient (Wildman–Crippen LogP) is 0.649. The van der Waals surface area contributed by atoms with Crippen LogP contribution in [-0.2, 0) is 14.4 Å².